The van der Waals surface area contributed by atoms with Crippen molar-refractivity contribution in [1.29, 1.82) is 0 Å². The highest BCUT2D eigenvalue weighted by Gasteiger charge is 2.52. The van der Waals surface area contributed by atoms with Gasteiger partial charge in [-0.05, 0) is 45.4 Å². The van der Waals surface area contributed by atoms with E-state index in [9.17, 15) is 22.4 Å². The average Bonchev–Trinajstić information content (AvgIpc) is 2.78. The summed E-state index contributed by atoms with van der Waals surface area (Å²) in [5.41, 5.74) is -1.61. The number of nitrogens with zero attached hydrogens (tertiary/aromatic N) is 1. The molecular formula is C19H24BF4NO3. The summed E-state index contributed by atoms with van der Waals surface area (Å²) in [6.07, 6.45) is -1.23. The van der Waals surface area contributed by atoms with Gasteiger partial charge in [-0.1, -0.05) is 0 Å². The van der Waals surface area contributed by atoms with Crippen LogP contribution in [0.25, 0.3) is 0 Å². The number of halogens is 4. The fourth-order valence-corrected chi connectivity index (χ4v) is 3.25. The molecule has 0 radical (unpaired) electrons. The highest BCUT2D eigenvalue weighted by Crippen LogP contribution is 2.36. The first-order chi connectivity index (χ1) is 12.8. The molecule has 1 aromatic rings. The molecule has 0 aromatic heterocycles. The fraction of sp³-hybridized carbons (Fsp3) is 0.632. The SMILES string of the molecule is CC1(C)OB(c2cc(F)c(CC(=O)N3CCC(F)(F)CC3)cc2F)OC1(C)C. The van der Waals surface area contributed by atoms with Crippen LogP contribution in [0.15, 0.2) is 12.1 Å². The summed E-state index contributed by atoms with van der Waals surface area (Å²) < 4.78 is 67.1. The van der Waals surface area contributed by atoms with Crippen molar-refractivity contribution in [2.75, 3.05) is 13.1 Å². The van der Waals surface area contributed by atoms with Crippen LogP contribution in [0.4, 0.5) is 17.6 Å². The Morgan fingerprint density at radius 1 is 1.04 bits per heavy atom. The zero-order valence-corrected chi connectivity index (χ0v) is 16.5. The van der Waals surface area contributed by atoms with E-state index >= 15 is 0 Å². The van der Waals surface area contributed by atoms with Crippen LogP contribution in [0, 0.1) is 11.6 Å². The minimum Gasteiger partial charge on any atom is -0.399 e. The average molecular weight is 401 g/mol. The zero-order chi connectivity index (χ0) is 20.9. The molecule has 1 amide bonds. The second kappa shape index (κ2) is 7.02. The van der Waals surface area contributed by atoms with Crippen LogP contribution in [0.3, 0.4) is 0 Å². The van der Waals surface area contributed by atoms with Crippen LogP contribution in [0.2, 0.25) is 0 Å². The van der Waals surface area contributed by atoms with E-state index < -0.39 is 61.0 Å². The van der Waals surface area contributed by atoms with E-state index in [2.05, 4.69) is 0 Å². The van der Waals surface area contributed by atoms with Gasteiger partial charge in [0.25, 0.3) is 5.92 Å². The Labute approximate surface area is 162 Å². The number of benzene rings is 1. The van der Waals surface area contributed by atoms with Crippen LogP contribution < -0.4 is 5.46 Å². The number of rotatable bonds is 3. The normalized spacial score (nSPS) is 23.1. The molecule has 4 nitrogen and oxygen atoms in total. The number of likely N-dealkylation sites (tertiary alicyclic amines) is 1. The van der Waals surface area contributed by atoms with Crippen LogP contribution in [-0.4, -0.2) is 48.1 Å². The molecule has 2 aliphatic heterocycles. The van der Waals surface area contributed by atoms with E-state index in [1.165, 1.54) is 4.90 Å². The molecule has 0 atom stereocenters. The summed E-state index contributed by atoms with van der Waals surface area (Å²) in [5, 5.41) is 0. The van der Waals surface area contributed by atoms with Crippen molar-refractivity contribution in [3.8, 4) is 0 Å². The molecule has 2 fully saturated rings. The monoisotopic (exact) mass is 401 g/mol. The van der Waals surface area contributed by atoms with Crippen LogP contribution in [0.1, 0.15) is 46.1 Å². The maximum absolute atomic E-state index is 14.6. The minimum absolute atomic E-state index is 0.0787. The molecule has 0 N–H and O–H groups in total. The lowest BCUT2D eigenvalue weighted by Crippen LogP contribution is -2.43. The Hall–Kier alpha value is -1.61. The molecule has 0 unspecified atom stereocenters. The van der Waals surface area contributed by atoms with Crippen molar-refractivity contribution in [2.24, 2.45) is 0 Å². The largest absolute Gasteiger partial charge is 0.497 e. The lowest BCUT2D eigenvalue weighted by Gasteiger charge is -2.32. The summed E-state index contributed by atoms with van der Waals surface area (Å²) in [6.45, 7) is 7.02. The van der Waals surface area contributed by atoms with Gasteiger partial charge in [-0.25, -0.2) is 17.6 Å². The molecule has 3 rings (SSSR count). The molecule has 0 spiro atoms. The maximum atomic E-state index is 14.6. The molecule has 2 heterocycles. The number of carbonyl (C=O) groups excluding carboxylic acids is 1. The quantitative estimate of drug-likeness (QED) is 0.578. The van der Waals surface area contributed by atoms with Gasteiger partial charge >= 0.3 is 7.12 Å². The fourth-order valence-electron chi connectivity index (χ4n) is 3.25. The van der Waals surface area contributed by atoms with E-state index in [1.54, 1.807) is 27.7 Å². The minimum atomic E-state index is -2.78. The maximum Gasteiger partial charge on any atom is 0.497 e. The zero-order valence-electron chi connectivity index (χ0n) is 16.5. The van der Waals surface area contributed by atoms with Crippen molar-refractivity contribution < 1.29 is 31.7 Å². The van der Waals surface area contributed by atoms with E-state index in [0.717, 1.165) is 12.1 Å². The van der Waals surface area contributed by atoms with E-state index in [1.807, 2.05) is 0 Å². The van der Waals surface area contributed by atoms with Crippen molar-refractivity contribution in [1.82, 2.24) is 4.90 Å². The van der Waals surface area contributed by atoms with Gasteiger partial charge in [0.1, 0.15) is 11.6 Å². The highest BCUT2D eigenvalue weighted by atomic mass is 19.3. The van der Waals surface area contributed by atoms with Gasteiger partial charge in [-0.3, -0.25) is 4.79 Å². The molecule has 9 heteroatoms. The van der Waals surface area contributed by atoms with Gasteiger partial charge in [-0.15, -0.1) is 0 Å². The van der Waals surface area contributed by atoms with Crippen molar-refractivity contribution >= 4 is 18.5 Å². The second-order valence-corrected chi connectivity index (χ2v) is 8.47. The molecule has 28 heavy (non-hydrogen) atoms. The van der Waals surface area contributed by atoms with Gasteiger partial charge in [0.2, 0.25) is 5.91 Å². The third kappa shape index (κ3) is 4.05. The van der Waals surface area contributed by atoms with E-state index in [-0.39, 0.29) is 24.1 Å². The van der Waals surface area contributed by atoms with Crippen molar-refractivity contribution in [2.45, 2.75) is 64.1 Å². The molecule has 154 valence electrons. The van der Waals surface area contributed by atoms with E-state index in [4.69, 9.17) is 9.31 Å². The molecule has 0 saturated carbocycles. The number of amides is 1. The Kier molecular flexibility index (Phi) is 5.29. The van der Waals surface area contributed by atoms with Gasteiger partial charge in [0.05, 0.1) is 17.6 Å². The van der Waals surface area contributed by atoms with Gasteiger partial charge in [-0.2, -0.15) is 0 Å². The Morgan fingerprint density at radius 2 is 1.57 bits per heavy atom. The molecule has 0 aliphatic carbocycles. The van der Waals surface area contributed by atoms with Crippen LogP contribution in [0.5, 0.6) is 0 Å². The molecule has 1 aromatic carbocycles. The van der Waals surface area contributed by atoms with Gasteiger partial charge in [0.15, 0.2) is 0 Å². The number of carbonyl (C=O) groups is 1. The molecule has 0 bridgehead atoms. The van der Waals surface area contributed by atoms with Gasteiger partial charge in [0, 0.05) is 31.4 Å². The second-order valence-electron chi connectivity index (χ2n) is 8.47. The van der Waals surface area contributed by atoms with Crippen LogP contribution >= 0.6 is 0 Å². The number of hydrogen-bond acceptors (Lipinski definition) is 3. The Balaban J connectivity index is 1.73. The Morgan fingerprint density at radius 3 is 2.11 bits per heavy atom. The topological polar surface area (TPSA) is 38.8 Å². The number of piperidine rings is 1. The third-order valence-electron chi connectivity index (χ3n) is 5.86. The Bertz CT molecular complexity index is 759. The van der Waals surface area contributed by atoms with Gasteiger partial charge < -0.3 is 14.2 Å². The van der Waals surface area contributed by atoms with Crippen molar-refractivity contribution in [3.05, 3.63) is 29.3 Å². The van der Waals surface area contributed by atoms with Crippen LogP contribution in [-0.2, 0) is 20.5 Å². The molecule has 2 aliphatic rings. The first-order valence-electron chi connectivity index (χ1n) is 9.30. The number of hydrogen-bond donors (Lipinski definition) is 0. The van der Waals surface area contributed by atoms with Crippen molar-refractivity contribution in [3.63, 3.8) is 0 Å². The summed E-state index contributed by atoms with van der Waals surface area (Å²) >= 11 is 0. The first kappa shape index (κ1) is 21.1. The first-order valence-corrected chi connectivity index (χ1v) is 9.30. The predicted molar refractivity (Wildman–Crippen MR) is 96.5 cm³/mol. The predicted octanol–water partition coefficient (Wildman–Crippen LogP) is 3.06. The van der Waals surface area contributed by atoms with E-state index in [0.29, 0.717) is 0 Å². The summed E-state index contributed by atoms with van der Waals surface area (Å²) in [7, 11) is -1.06. The molecule has 2 saturated heterocycles. The third-order valence-corrected chi connectivity index (χ3v) is 5.86. The summed E-state index contributed by atoms with van der Waals surface area (Å²) in [6, 6.07) is 1.93. The number of alkyl halides is 2. The molecular weight excluding hydrogens is 377 g/mol. The lowest BCUT2D eigenvalue weighted by atomic mass is 9.78. The summed E-state index contributed by atoms with van der Waals surface area (Å²) in [4.78, 5) is 13.6. The smallest absolute Gasteiger partial charge is 0.399 e. The highest BCUT2D eigenvalue weighted by molar-refractivity contribution is 6.62. The summed E-state index contributed by atoms with van der Waals surface area (Å²) in [5.74, 6) is -4.79. The standard InChI is InChI=1S/C19H24BF4NO3/c1-17(2)18(3,4)28-20(27-17)13-11-14(21)12(9-15(13)22)10-16(26)25-7-5-19(23,24)6-8-25/h9,11H,5-8,10H2,1-4H3. The lowest BCUT2D eigenvalue weighted by molar-refractivity contribution is -0.136.